The lowest BCUT2D eigenvalue weighted by Gasteiger charge is -2.34. The van der Waals surface area contributed by atoms with Gasteiger partial charge in [-0.2, -0.15) is 0 Å². The van der Waals surface area contributed by atoms with Crippen LogP contribution in [0.25, 0.3) is 0 Å². The molecule has 8 heteroatoms. The second-order valence-corrected chi connectivity index (χ2v) is 6.43. The van der Waals surface area contributed by atoms with E-state index < -0.39 is 6.04 Å². The fourth-order valence-electron chi connectivity index (χ4n) is 3.31. The molecule has 3 heterocycles. The van der Waals surface area contributed by atoms with Crippen molar-refractivity contribution in [2.75, 3.05) is 13.1 Å². The Morgan fingerprint density at radius 3 is 2.59 bits per heavy atom. The lowest BCUT2D eigenvalue weighted by molar-refractivity contribution is -0.135. The van der Waals surface area contributed by atoms with Gasteiger partial charge in [-0.3, -0.25) is 9.78 Å². The summed E-state index contributed by atoms with van der Waals surface area (Å²) in [5, 5.41) is 11.3. The average Bonchev–Trinajstić information content (AvgIpc) is 3.24. The molecule has 0 saturated carbocycles. The van der Waals surface area contributed by atoms with E-state index in [9.17, 15) is 4.79 Å². The Hall–Kier alpha value is -3.29. The quantitative estimate of drug-likeness (QED) is 0.685. The van der Waals surface area contributed by atoms with E-state index in [0.29, 0.717) is 13.1 Å². The number of aromatic nitrogens is 5. The van der Waals surface area contributed by atoms with Gasteiger partial charge in [0.25, 0.3) is 5.91 Å². The lowest BCUT2D eigenvalue weighted by atomic mass is 10.0. The van der Waals surface area contributed by atoms with Gasteiger partial charge in [-0.25, -0.2) is 4.68 Å². The highest BCUT2D eigenvalue weighted by molar-refractivity contribution is 5.83. The SMILES string of the molecule is O=C([C@@H](c1ccccc1)n1cnnn1)N1CCC(Oc2cccnc2)CC1. The van der Waals surface area contributed by atoms with Crippen LogP contribution < -0.4 is 4.74 Å². The number of carbonyl (C=O) groups excluding carboxylic acids is 1. The minimum Gasteiger partial charge on any atom is -0.489 e. The second-order valence-electron chi connectivity index (χ2n) is 6.43. The van der Waals surface area contributed by atoms with Gasteiger partial charge in [-0.15, -0.1) is 5.10 Å². The molecule has 4 rings (SSSR count). The molecule has 2 aromatic heterocycles. The summed E-state index contributed by atoms with van der Waals surface area (Å²) in [7, 11) is 0. The Labute approximate surface area is 156 Å². The molecule has 8 nitrogen and oxygen atoms in total. The number of carbonyl (C=O) groups is 1. The van der Waals surface area contributed by atoms with Gasteiger partial charge in [-0.1, -0.05) is 30.3 Å². The molecule has 1 amide bonds. The predicted octanol–water partition coefficient (Wildman–Crippen LogP) is 1.73. The van der Waals surface area contributed by atoms with Gasteiger partial charge in [0, 0.05) is 32.1 Å². The molecule has 0 unspecified atom stereocenters. The first-order valence-electron chi connectivity index (χ1n) is 8.94. The Kier molecular flexibility index (Phi) is 5.04. The highest BCUT2D eigenvalue weighted by Crippen LogP contribution is 2.23. The molecule has 27 heavy (non-hydrogen) atoms. The minimum atomic E-state index is -0.558. The summed E-state index contributed by atoms with van der Waals surface area (Å²) in [6, 6.07) is 12.8. The molecular formula is C19H20N6O2. The van der Waals surface area contributed by atoms with Crippen LogP contribution in [-0.4, -0.2) is 55.2 Å². The molecule has 0 aliphatic carbocycles. The van der Waals surface area contributed by atoms with Crippen LogP contribution in [0, 0.1) is 0 Å². The maximum atomic E-state index is 13.2. The maximum Gasteiger partial charge on any atom is 0.252 e. The van der Waals surface area contributed by atoms with Crippen molar-refractivity contribution in [2.24, 2.45) is 0 Å². The van der Waals surface area contributed by atoms with E-state index in [1.807, 2.05) is 47.4 Å². The third-order valence-electron chi connectivity index (χ3n) is 4.67. The molecule has 1 aliphatic rings. The number of hydrogen-bond acceptors (Lipinski definition) is 6. The summed E-state index contributed by atoms with van der Waals surface area (Å²) >= 11 is 0. The van der Waals surface area contributed by atoms with E-state index in [0.717, 1.165) is 24.2 Å². The summed E-state index contributed by atoms with van der Waals surface area (Å²) in [6.45, 7) is 1.27. The molecule has 0 spiro atoms. The van der Waals surface area contributed by atoms with Crippen LogP contribution >= 0.6 is 0 Å². The highest BCUT2D eigenvalue weighted by atomic mass is 16.5. The number of piperidine rings is 1. The molecule has 1 atom stereocenters. The Morgan fingerprint density at radius 2 is 1.93 bits per heavy atom. The number of nitrogens with zero attached hydrogens (tertiary/aromatic N) is 6. The third-order valence-corrected chi connectivity index (χ3v) is 4.67. The van der Waals surface area contributed by atoms with Crippen molar-refractivity contribution in [1.29, 1.82) is 0 Å². The fraction of sp³-hybridized carbons (Fsp3) is 0.316. The van der Waals surface area contributed by atoms with Crippen molar-refractivity contribution >= 4 is 5.91 Å². The van der Waals surface area contributed by atoms with Gasteiger partial charge in [0.05, 0.1) is 6.20 Å². The van der Waals surface area contributed by atoms with Gasteiger partial charge < -0.3 is 9.64 Å². The van der Waals surface area contributed by atoms with Crippen LogP contribution in [0.5, 0.6) is 5.75 Å². The molecule has 1 aliphatic heterocycles. The standard InChI is InChI=1S/C19H20N6O2/c26-19(18(25-14-21-22-23-25)15-5-2-1-3-6-15)24-11-8-16(9-12-24)27-17-7-4-10-20-13-17/h1-7,10,13-14,16,18H,8-9,11-12H2/t18-/m1/s1. The van der Waals surface area contributed by atoms with Crippen LogP contribution in [0.2, 0.25) is 0 Å². The second kappa shape index (κ2) is 7.94. The number of amides is 1. The van der Waals surface area contributed by atoms with Gasteiger partial charge in [0.15, 0.2) is 6.04 Å². The summed E-state index contributed by atoms with van der Waals surface area (Å²) in [6.07, 6.45) is 6.54. The molecule has 1 aromatic carbocycles. The number of benzene rings is 1. The zero-order valence-electron chi connectivity index (χ0n) is 14.8. The largest absolute Gasteiger partial charge is 0.489 e. The predicted molar refractivity (Wildman–Crippen MR) is 96.9 cm³/mol. The zero-order valence-corrected chi connectivity index (χ0v) is 14.8. The number of hydrogen-bond donors (Lipinski definition) is 0. The monoisotopic (exact) mass is 364 g/mol. The Bertz CT molecular complexity index is 848. The van der Waals surface area contributed by atoms with E-state index >= 15 is 0 Å². The molecule has 0 bridgehead atoms. The summed E-state index contributed by atoms with van der Waals surface area (Å²) in [5.74, 6) is 0.756. The molecular weight excluding hydrogens is 344 g/mol. The van der Waals surface area contributed by atoms with Crippen LogP contribution in [0.15, 0.2) is 61.2 Å². The van der Waals surface area contributed by atoms with E-state index in [4.69, 9.17) is 4.74 Å². The Morgan fingerprint density at radius 1 is 1.11 bits per heavy atom. The van der Waals surface area contributed by atoms with Gasteiger partial charge in [0.1, 0.15) is 18.2 Å². The Balaban J connectivity index is 1.44. The number of pyridine rings is 1. The first-order chi connectivity index (χ1) is 13.3. The first kappa shape index (κ1) is 17.1. The highest BCUT2D eigenvalue weighted by Gasteiger charge is 2.31. The van der Waals surface area contributed by atoms with Crippen molar-refractivity contribution in [3.05, 3.63) is 66.7 Å². The number of rotatable bonds is 5. The van der Waals surface area contributed by atoms with Gasteiger partial charge >= 0.3 is 0 Å². The van der Waals surface area contributed by atoms with Crippen molar-refractivity contribution in [3.63, 3.8) is 0 Å². The zero-order chi connectivity index (χ0) is 18.5. The van der Waals surface area contributed by atoms with Crippen LogP contribution in [-0.2, 0) is 4.79 Å². The van der Waals surface area contributed by atoms with E-state index in [2.05, 4.69) is 20.5 Å². The van der Waals surface area contributed by atoms with Crippen molar-refractivity contribution in [3.8, 4) is 5.75 Å². The summed E-state index contributed by atoms with van der Waals surface area (Å²) in [4.78, 5) is 19.2. The van der Waals surface area contributed by atoms with Gasteiger partial charge in [-0.05, 0) is 28.1 Å². The third kappa shape index (κ3) is 3.94. The average molecular weight is 364 g/mol. The normalized spacial score (nSPS) is 16.1. The molecule has 0 radical (unpaired) electrons. The smallest absolute Gasteiger partial charge is 0.252 e. The summed E-state index contributed by atoms with van der Waals surface area (Å²) < 4.78 is 7.47. The van der Waals surface area contributed by atoms with Crippen LogP contribution in [0.4, 0.5) is 0 Å². The molecule has 1 saturated heterocycles. The van der Waals surface area contributed by atoms with E-state index in [1.165, 1.54) is 11.0 Å². The lowest BCUT2D eigenvalue weighted by Crippen LogP contribution is -2.45. The minimum absolute atomic E-state index is 0.00618. The van der Waals surface area contributed by atoms with Crippen molar-refractivity contribution < 1.29 is 9.53 Å². The number of tetrazole rings is 1. The van der Waals surface area contributed by atoms with E-state index in [1.54, 1.807) is 12.4 Å². The first-order valence-corrected chi connectivity index (χ1v) is 8.94. The molecule has 1 fully saturated rings. The maximum absolute atomic E-state index is 13.2. The van der Waals surface area contributed by atoms with Crippen LogP contribution in [0.1, 0.15) is 24.4 Å². The van der Waals surface area contributed by atoms with E-state index in [-0.39, 0.29) is 12.0 Å². The topological polar surface area (TPSA) is 86.0 Å². The van der Waals surface area contributed by atoms with Crippen molar-refractivity contribution in [1.82, 2.24) is 30.1 Å². The van der Waals surface area contributed by atoms with Gasteiger partial charge in [0.2, 0.25) is 0 Å². The molecule has 0 N–H and O–H groups in total. The van der Waals surface area contributed by atoms with Crippen molar-refractivity contribution in [2.45, 2.75) is 25.0 Å². The summed E-state index contributed by atoms with van der Waals surface area (Å²) in [5.41, 5.74) is 0.864. The molecule has 3 aromatic rings. The fourth-order valence-corrected chi connectivity index (χ4v) is 3.31. The molecule has 138 valence electrons. The number of likely N-dealkylation sites (tertiary alicyclic amines) is 1. The number of ether oxygens (including phenoxy) is 1. The van der Waals surface area contributed by atoms with Crippen LogP contribution in [0.3, 0.4) is 0 Å².